The maximum absolute atomic E-state index is 14.4. The molecule has 0 unspecified atom stereocenters. The Hall–Kier alpha value is -3.04. The minimum absolute atomic E-state index is 0.0509. The second-order valence-corrected chi connectivity index (χ2v) is 18.0. The number of nitrogens with one attached hydrogen (secondary N) is 1. The van der Waals surface area contributed by atoms with Crippen molar-refractivity contribution in [1.29, 1.82) is 0 Å². The fourth-order valence-electron chi connectivity index (χ4n) is 8.62. The van der Waals surface area contributed by atoms with Crippen LogP contribution in [0.3, 0.4) is 0 Å². The van der Waals surface area contributed by atoms with Crippen LogP contribution in [0.15, 0.2) is 30.7 Å². The van der Waals surface area contributed by atoms with Crippen LogP contribution in [0.25, 0.3) is 0 Å². The summed E-state index contributed by atoms with van der Waals surface area (Å²) in [6, 6.07) is 4.27. The van der Waals surface area contributed by atoms with Gasteiger partial charge in [0.25, 0.3) is 5.91 Å². The zero-order chi connectivity index (χ0) is 38.4. The highest BCUT2D eigenvalue weighted by Crippen LogP contribution is 2.45. The predicted molar refractivity (Wildman–Crippen MR) is 213 cm³/mol. The van der Waals surface area contributed by atoms with Crippen molar-refractivity contribution in [3.63, 3.8) is 0 Å². The molecule has 4 fully saturated rings. The molecule has 54 heavy (non-hydrogen) atoms. The SMILES string of the molecule is CC(C)N(C(=O)c1cc(F)ccc1Oc1cncnc1N1CC2(CCN(CC3CCN(SN4CC[C@@H](NC(=O)CCCN(C)C)C4)CC3)CC2)C1)C(C)C. The molecule has 12 nitrogen and oxygen atoms in total. The summed E-state index contributed by atoms with van der Waals surface area (Å²) in [5.41, 5.74) is 0.460. The molecule has 4 aliphatic heterocycles. The lowest BCUT2D eigenvalue weighted by atomic mass is 9.72. The molecular weight excluding hydrogens is 706 g/mol. The first kappa shape index (κ1) is 40.6. The molecule has 1 aromatic heterocycles. The molecule has 1 aromatic carbocycles. The van der Waals surface area contributed by atoms with Gasteiger partial charge in [-0.2, -0.15) is 0 Å². The monoisotopic (exact) mass is 767 g/mol. The first-order valence-corrected chi connectivity index (χ1v) is 20.8. The Morgan fingerprint density at radius 3 is 2.39 bits per heavy atom. The van der Waals surface area contributed by atoms with Crippen molar-refractivity contribution < 1.29 is 18.7 Å². The van der Waals surface area contributed by atoms with E-state index in [0.29, 0.717) is 23.7 Å². The molecule has 14 heteroatoms. The van der Waals surface area contributed by atoms with Crippen LogP contribution in [0.5, 0.6) is 11.5 Å². The largest absolute Gasteiger partial charge is 0.451 e. The molecule has 1 spiro atoms. The number of halogens is 1. The average molecular weight is 768 g/mol. The summed E-state index contributed by atoms with van der Waals surface area (Å²) in [7, 11) is 4.09. The lowest BCUT2D eigenvalue weighted by molar-refractivity contribution is -0.121. The number of likely N-dealkylation sites (tertiary alicyclic amines) is 1. The number of ether oxygens (including phenoxy) is 1. The number of aromatic nitrogens is 2. The molecule has 0 bridgehead atoms. The Balaban J connectivity index is 0.929. The average Bonchev–Trinajstić information content (AvgIpc) is 3.55. The first-order valence-electron chi connectivity index (χ1n) is 20.1. The van der Waals surface area contributed by atoms with E-state index < -0.39 is 5.82 Å². The second-order valence-electron chi connectivity index (χ2n) is 16.8. The van der Waals surface area contributed by atoms with Gasteiger partial charge >= 0.3 is 0 Å². The maximum atomic E-state index is 14.4. The van der Waals surface area contributed by atoms with Crippen molar-refractivity contribution in [2.45, 2.75) is 90.8 Å². The van der Waals surface area contributed by atoms with Crippen molar-refractivity contribution in [1.82, 2.24) is 38.6 Å². The Morgan fingerprint density at radius 2 is 1.70 bits per heavy atom. The van der Waals surface area contributed by atoms with Crippen LogP contribution in [0.4, 0.5) is 10.2 Å². The Kier molecular flexibility index (Phi) is 13.7. The van der Waals surface area contributed by atoms with Crippen molar-refractivity contribution >= 4 is 29.8 Å². The van der Waals surface area contributed by atoms with Gasteiger partial charge in [0.05, 0.1) is 11.8 Å². The third kappa shape index (κ3) is 10.4. The van der Waals surface area contributed by atoms with Gasteiger partial charge in [-0.05, 0) is 124 Å². The number of rotatable bonds is 15. The summed E-state index contributed by atoms with van der Waals surface area (Å²) in [6.45, 7) is 18.2. The molecule has 0 radical (unpaired) electrons. The van der Waals surface area contributed by atoms with Crippen molar-refractivity contribution in [2.75, 3.05) is 84.4 Å². The Morgan fingerprint density at radius 1 is 1.00 bits per heavy atom. The van der Waals surface area contributed by atoms with Crippen molar-refractivity contribution in [2.24, 2.45) is 11.3 Å². The third-order valence-electron chi connectivity index (χ3n) is 11.5. The normalized spacial score (nSPS) is 21.3. The number of hydrogen-bond donors (Lipinski definition) is 1. The topological polar surface area (TPSA) is 101 Å². The Bertz CT molecular complexity index is 1550. The van der Waals surface area contributed by atoms with E-state index in [1.165, 1.54) is 56.8 Å². The van der Waals surface area contributed by atoms with Crippen LogP contribution in [0.1, 0.15) is 83.0 Å². The van der Waals surface area contributed by atoms with Crippen molar-refractivity contribution in [3.05, 3.63) is 42.1 Å². The zero-order valence-electron chi connectivity index (χ0n) is 33.3. The van der Waals surface area contributed by atoms with Crippen LogP contribution >= 0.6 is 12.1 Å². The quantitative estimate of drug-likeness (QED) is 0.237. The summed E-state index contributed by atoms with van der Waals surface area (Å²) >= 11 is 1.88. The third-order valence-corrected chi connectivity index (χ3v) is 12.7. The van der Waals surface area contributed by atoms with Gasteiger partial charge < -0.3 is 29.7 Å². The highest BCUT2D eigenvalue weighted by molar-refractivity contribution is 7.94. The number of carbonyl (C=O) groups is 2. The highest BCUT2D eigenvalue weighted by Gasteiger charge is 2.46. The lowest BCUT2D eigenvalue weighted by Gasteiger charge is -2.54. The minimum atomic E-state index is -0.482. The van der Waals surface area contributed by atoms with Gasteiger partial charge in [0.1, 0.15) is 17.9 Å². The number of piperidine rings is 2. The summed E-state index contributed by atoms with van der Waals surface area (Å²) in [5.74, 6) is 1.65. The Labute approximate surface area is 326 Å². The maximum Gasteiger partial charge on any atom is 0.258 e. The van der Waals surface area contributed by atoms with Gasteiger partial charge in [-0.15, -0.1) is 0 Å². The smallest absolute Gasteiger partial charge is 0.258 e. The molecule has 2 aromatic rings. The van der Waals surface area contributed by atoms with Gasteiger partial charge in [0.15, 0.2) is 11.6 Å². The molecule has 1 atom stereocenters. The van der Waals surface area contributed by atoms with Gasteiger partial charge in [0.2, 0.25) is 5.91 Å². The van der Waals surface area contributed by atoms with Crippen LogP contribution < -0.4 is 15.0 Å². The van der Waals surface area contributed by atoms with Crippen LogP contribution in [0.2, 0.25) is 0 Å². The molecular formula is C40H62FN9O3S. The molecule has 2 amide bonds. The van der Waals surface area contributed by atoms with Crippen LogP contribution in [-0.2, 0) is 4.79 Å². The second kappa shape index (κ2) is 18.3. The summed E-state index contributed by atoms with van der Waals surface area (Å²) in [4.78, 5) is 43.6. The van der Waals surface area contributed by atoms with Crippen LogP contribution in [-0.4, -0.2) is 143 Å². The predicted octanol–water partition coefficient (Wildman–Crippen LogP) is 5.38. The molecule has 4 aliphatic rings. The number of carbonyl (C=O) groups excluding carboxylic acids is 2. The van der Waals surface area contributed by atoms with E-state index in [2.05, 4.69) is 38.6 Å². The summed E-state index contributed by atoms with van der Waals surface area (Å²) in [5, 5.41) is 3.25. The number of nitrogens with zero attached hydrogens (tertiary/aromatic N) is 8. The minimum Gasteiger partial charge on any atom is -0.451 e. The fraction of sp³-hybridized carbons (Fsp3) is 0.700. The summed E-state index contributed by atoms with van der Waals surface area (Å²) in [6.07, 6.45) is 10.5. The van der Waals surface area contributed by atoms with Gasteiger partial charge in [-0.25, -0.2) is 23.0 Å². The number of anilines is 1. The van der Waals surface area contributed by atoms with Crippen LogP contribution in [0, 0.1) is 17.2 Å². The van der Waals surface area contributed by atoms with E-state index in [1.54, 1.807) is 11.1 Å². The van der Waals surface area contributed by atoms with E-state index in [-0.39, 0.29) is 40.9 Å². The summed E-state index contributed by atoms with van der Waals surface area (Å²) < 4.78 is 25.7. The van der Waals surface area contributed by atoms with Gasteiger partial charge in [0, 0.05) is 87.9 Å². The standard InChI is InChI=1S/C40H62FN9O3S/c1-29(2)50(30(3)4)39(52)34-22-32(41)9-10-35(34)53-36-23-42-28-43-38(36)47-26-40(27-47)14-20-46(21-15-40)24-31-11-17-48(18-12-31)54-49-19-13-33(25-49)44-37(51)8-7-16-45(5)6/h9-10,22-23,28-31,33H,7-8,11-21,24-27H2,1-6H3,(H,44,51)/t33-/m1/s1. The van der Waals surface area contributed by atoms with Gasteiger partial charge in [-0.1, -0.05) is 0 Å². The molecule has 0 saturated carbocycles. The van der Waals surface area contributed by atoms with E-state index in [4.69, 9.17) is 4.74 Å². The molecule has 5 heterocycles. The van der Waals surface area contributed by atoms with E-state index in [1.807, 2.05) is 53.9 Å². The molecule has 0 aliphatic carbocycles. The van der Waals surface area contributed by atoms with Gasteiger partial charge in [-0.3, -0.25) is 9.59 Å². The number of amides is 2. The highest BCUT2D eigenvalue weighted by atomic mass is 32.2. The first-order chi connectivity index (χ1) is 25.9. The zero-order valence-corrected chi connectivity index (χ0v) is 34.1. The molecule has 298 valence electrons. The van der Waals surface area contributed by atoms with E-state index in [0.717, 1.165) is 77.7 Å². The number of benzene rings is 1. The van der Waals surface area contributed by atoms with E-state index >= 15 is 0 Å². The lowest BCUT2D eigenvalue weighted by Crippen LogP contribution is -2.61. The number of hydrogen-bond acceptors (Lipinski definition) is 11. The molecule has 1 N–H and O–H groups in total. The molecule has 6 rings (SSSR count). The fourth-order valence-corrected chi connectivity index (χ4v) is 9.75. The van der Waals surface area contributed by atoms with Crippen molar-refractivity contribution in [3.8, 4) is 11.5 Å². The van der Waals surface area contributed by atoms with E-state index in [9.17, 15) is 14.0 Å². The molecule has 4 saturated heterocycles.